The van der Waals surface area contributed by atoms with Crippen LogP contribution in [0.25, 0.3) is 10.9 Å². The molecule has 2 aromatic heterocycles. The van der Waals surface area contributed by atoms with Crippen LogP contribution in [0, 0.1) is 0 Å². The summed E-state index contributed by atoms with van der Waals surface area (Å²) in [6.45, 7) is 0.712. The molecule has 18 heavy (non-hydrogen) atoms. The number of hydrogen-bond acceptors (Lipinski definition) is 3. The van der Waals surface area contributed by atoms with E-state index in [1.807, 2.05) is 47.3 Å². The molecule has 0 bridgehead atoms. The Hall–Kier alpha value is -2.20. The Kier molecular flexibility index (Phi) is 2.78. The number of rotatable bonds is 3. The van der Waals surface area contributed by atoms with Crippen LogP contribution in [0.3, 0.4) is 0 Å². The Morgan fingerprint density at radius 1 is 1.17 bits per heavy atom. The smallest absolute Gasteiger partial charge is 0.0838 e. The van der Waals surface area contributed by atoms with Gasteiger partial charge in [-0.3, -0.25) is 9.67 Å². The fourth-order valence-electron chi connectivity index (χ4n) is 2.01. The van der Waals surface area contributed by atoms with Crippen LogP contribution < -0.4 is 0 Å². The maximum atomic E-state index is 9.10. The molecule has 0 aliphatic rings. The highest BCUT2D eigenvalue weighted by molar-refractivity contribution is 5.79. The lowest BCUT2D eigenvalue weighted by Crippen LogP contribution is -2.02. The van der Waals surface area contributed by atoms with Crippen LogP contribution >= 0.6 is 0 Å². The van der Waals surface area contributed by atoms with E-state index in [1.165, 1.54) is 0 Å². The van der Waals surface area contributed by atoms with Gasteiger partial charge in [-0.15, -0.1) is 0 Å². The van der Waals surface area contributed by atoms with E-state index >= 15 is 0 Å². The molecule has 1 N–H and O–H groups in total. The van der Waals surface area contributed by atoms with Gasteiger partial charge in [0, 0.05) is 11.6 Å². The first-order valence-corrected chi connectivity index (χ1v) is 5.82. The van der Waals surface area contributed by atoms with Crippen LogP contribution in [0.5, 0.6) is 0 Å². The average molecular weight is 239 g/mol. The molecular formula is C14H13N3O. The zero-order valence-corrected chi connectivity index (χ0v) is 9.82. The predicted molar refractivity (Wildman–Crippen MR) is 69.0 cm³/mol. The summed E-state index contributed by atoms with van der Waals surface area (Å²) in [5, 5.41) is 14.5. The number of aliphatic hydroxyl groups is 1. The lowest BCUT2D eigenvalue weighted by Gasteiger charge is -2.03. The van der Waals surface area contributed by atoms with Gasteiger partial charge in [-0.05, 0) is 29.8 Å². The molecule has 2 heterocycles. The predicted octanol–water partition coefficient (Wildman–Crippen LogP) is 1.97. The molecule has 0 saturated carbocycles. The normalized spacial score (nSPS) is 10.9. The van der Waals surface area contributed by atoms with E-state index in [0.29, 0.717) is 6.54 Å². The van der Waals surface area contributed by atoms with Crippen molar-refractivity contribution in [2.45, 2.75) is 13.2 Å². The molecule has 0 radical (unpaired) electrons. The maximum absolute atomic E-state index is 9.10. The van der Waals surface area contributed by atoms with Crippen LogP contribution in [-0.2, 0) is 13.2 Å². The van der Waals surface area contributed by atoms with Crippen molar-refractivity contribution in [1.82, 2.24) is 14.8 Å². The van der Waals surface area contributed by atoms with Crippen molar-refractivity contribution in [3.63, 3.8) is 0 Å². The fourth-order valence-corrected chi connectivity index (χ4v) is 2.01. The molecular weight excluding hydrogens is 226 g/mol. The average Bonchev–Trinajstić information content (AvgIpc) is 2.82. The van der Waals surface area contributed by atoms with E-state index in [-0.39, 0.29) is 6.61 Å². The molecule has 3 aromatic rings. The van der Waals surface area contributed by atoms with E-state index in [0.717, 1.165) is 22.2 Å². The third kappa shape index (κ3) is 1.98. The minimum Gasteiger partial charge on any atom is -0.392 e. The fraction of sp³-hybridized carbons (Fsp3) is 0.143. The van der Waals surface area contributed by atoms with Crippen molar-refractivity contribution < 1.29 is 5.11 Å². The molecule has 0 amide bonds. The third-order valence-corrected chi connectivity index (χ3v) is 2.93. The maximum Gasteiger partial charge on any atom is 0.0838 e. The standard InChI is InChI=1S/C14H13N3O/c18-10-11-4-5-14-12(7-11)8-16-17(14)9-13-3-1-2-6-15-13/h1-8,18H,9-10H2. The molecule has 0 spiro atoms. The number of nitrogens with zero attached hydrogens (tertiary/aromatic N) is 3. The number of aromatic nitrogens is 3. The minimum absolute atomic E-state index is 0.0569. The highest BCUT2D eigenvalue weighted by Gasteiger charge is 2.04. The van der Waals surface area contributed by atoms with E-state index < -0.39 is 0 Å². The zero-order valence-electron chi connectivity index (χ0n) is 9.82. The van der Waals surface area contributed by atoms with Crippen LogP contribution in [0.15, 0.2) is 48.8 Å². The number of hydrogen-bond donors (Lipinski definition) is 1. The van der Waals surface area contributed by atoms with Gasteiger partial charge in [-0.1, -0.05) is 12.1 Å². The van der Waals surface area contributed by atoms with Gasteiger partial charge in [0.2, 0.25) is 0 Å². The van der Waals surface area contributed by atoms with Crippen LogP contribution in [-0.4, -0.2) is 19.9 Å². The molecule has 4 heteroatoms. The molecule has 0 fully saturated rings. The Morgan fingerprint density at radius 2 is 2.11 bits per heavy atom. The first-order valence-electron chi connectivity index (χ1n) is 5.82. The number of fused-ring (bicyclic) bond motifs is 1. The Bertz CT molecular complexity index is 661. The molecule has 4 nitrogen and oxygen atoms in total. The van der Waals surface area contributed by atoms with Crippen molar-refractivity contribution in [2.24, 2.45) is 0 Å². The van der Waals surface area contributed by atoms with Crippen LogP contribution in [0.1, 0.15) is 11.3 Å². The largest absolute Gasteiger partial charge is 0.392 e. The quantitative estimate of drug-likeness (QED) is 0.760. The number of benzene rings is 1. The zero-order chi connectivity index (χ0) is 12.4. The lowest BCUT2D eigenvalue weighted by molar-refractivity contribution is 0.282. The van der Waals surface area contributed by atoms with Gasteiger partial charge < -0.3 is 5.11 Å². The third-order valence-electron chi connectivity index (χ3n) is 2.93. The number of pyridine rings is 1. The summed E-state index contributed by atoms with van der Waals surface area (Å²) in [6.07, 6.45) is 3.60. The van der Waals surface area contributed by atoms with Gasteiger partial charge in [0.1, 0.15) is 0 Å². The van der Waals surface area contributed by atoms with E-state index in [2.05, 4.69) is 10.1 Å². The lowest BCUT2D eigenvalue weighted by atomic mass is 10.2. The van der Waals surface area contributed by atoms with Gasteiger partial charge in [-0.25, -0.2) is 0 Å². The van der Waals surface area contributed by atoms with Gasteiger partial charge in [0.05, 0.1) is 30.6 Å². The summed E-state index contributed by atoms with van der Waals surface area (Å²) in [5.74, 6) is 0. The first-order chi connectivity index (χ1) is 8.86. The summed E-state index contributed by atoms with van der Waals surface area (Å²) >= 11 is 0. The van der Waals surface area contributed by atoms with Gasteiger partial charge in [0.25, 0.3) is 0 Å². The van der Waals surface area contributed by atoms with E-state index in [4.69, 9.17) is 5.11 Å². The SMILES string of the molecule is OCc1ccc2c(cnn2Cc2ccccn2)c1. The Morgan fingerprint density at radius 3 is 2.89 bits per heavy atom. The molecule has 3 rings (SSSR count). The second-order valence-corrected chi connectivity index (χ2v) is 4.17. The minimum atomic E-state index is 0.0569. The van der Waals surface area contributed by atoms with Crippen molar-refractivity contribution in [3.8, 4) is 0 Å². The molecule has 0 saturated heterocycles. The van der Waals surface area contributed by atoms with Crippen LogP contribution in [0.2, 0.25) is 0 Å². The van der Waals surface area contributed by atoms with Gasteiger partial charge >= 0.3 is 0 Å². The van der Waals surface area contributed by atoms with Crippen molar-refractivity contribution in [3.05, 3.63) is 60.0 Å². The summed E-state index contributed by atoms with van der Waals surface area (Å²) < 4.78 is 1.92. The van der Waals surface area contributed by atoms with E-state index in [1.54, 1.807) is 6.20 Å². The van der Waals surface area contributed by atoms with Crippen LogP contribution in [0.4, 0.5) is 0 Å². The summed E-state index contributed by atoms with van der Waals surface area (Å²) in [6, 6.07) is 11.7. The summed E-state index contributed by atoms with van der Waals surface area (Å²) in [7, 11) is 0. The highest BCUT2D eigenvalue weighted by atomic mass is 16.3. The van der Waals surface area contributed by atoms with Gasteiger partial charge in [0.15, 0.2) is 0 Å². The monoisotopic (exact) mass is 239 g/mol. The summed E-state index contributed by atoms with van der Waals surface area (Å²) in [5.41, 5.74) is 2.94. The first kappa shape index (κ1) is 10.9. The molecule has 0 unspecified atom stereocenters. The molecule has 0 aliphatic heterocycles. The van der Waals surface area contributed by atoms with Gasteiger partial charge in [-0.2, -0.15) is 5.10 Å². The molecule has 0 aliphatic carbocycles. The summed E-state index contributed by atoms with van der Waals surface area (Å²) in [4.78, 5) is 4.29. The van der Waals surface area contributed by atoms with Crippen molar-refractivity contribution >= 4 is 10.9 Å². The Labute approximate surface area is 105 Å². The molecule has 0 atom stereocenters. The second kappa shape index (κ2) is 4.58. The highest BCUT2D eigenvalue weighted by Crippen LogP contribution is 2.16. The van der Waals surface area contributed by atoms with Crippen molar-refractivity contribution in [1.29, 1.82) is 0 Å². The van der Waals surface area contributed by atoms with Crippen molar-refractivity contribution in [2.75, 3.05) is 0 Å². The molecule has 90 valence electrons. The topological polar surface area (TPSA) is 50.9 Å². The molecule has 1 aromatic carbocycles. The Balaban J connectivity index is 1.98. The number of aliphatic hydroxyl groups excluding tert-OH is 1. The second-order valence-electron chi connectivity index (χ2n) is 4.17. The van der Waals surface area contributed by atoms with E-state index in [9.17, 15) is 0 Å².